The molecule has 1 amide bonds. The highest BCUT2D eigenvalue weighted by Gasteiger charge is 2.08. The molecule has 4 rings (SSSR count). The van der Waals surface area contributed by atoms with Crippen LogP contribution < -0.4 is 10.2 Å². The molecule has 136 valence electrons. The Balaban J connectivity index is 1.41. The maximum Gasteiger partial charge on any atom is 0.307 e. The summed E-state index contributed by atoms with van der Waals surface area (Å²) in [6.07, 6.45) is 4.19. The smallest absolute Gasteiger partial charge is 0.307 e. The number of carbonyl (C=O) groups is 1. The molecular formula is C20H18N4O2S. The summed E-state index contributed by atoms with van der Waals surface area (Å²) >= 11 is 1.16. The van der Waals surface area contributed by atoms with E-state index in [9.17, 15) is 9.59 Å². The average molecular weight is 378 g/mol. The number of nitrogens with one attached hydrogen (secondary N) is 1. The third-order valence-electron chi connectivity index (χ3n) is 4.37. The molecule has 0 unspecified atom stereocenters. The van der Waals surface area contributed by atoms with Gasteiger partial charge in [0.2, 0.25) is 5.91 Å². The number of aromatic nitrogens is 3. The van der Waals surface area contributed by atoms with E-state index in [-0.39, 0.29) is 17.2 Å². The van der Waals surface area contributed by atoms with E-state index in [1.807, 2.05) is 66.2 Å². The Bertz CT molecular complexity index is 1120. The normalized spacial score (nSPS) is 11.0. The number of fused-ring (bicyclic) bond motifs is 1. The molecule has 3 heterocycles. The highest BCUT2D eigenvalue weighted by atomic mass is 32.1. The fraction of sp³-hybridized carbons (Fsp3) is 0.150. The van der Waals surface area contributed by atoms with Crippen molar-refractivity contribution >= 4 is 28.6 Å². The zero-order valence-corrected chi connectivity index (χ0v) is 15.6. The second-order valence-corrected chi connectivity index (χ2v) is 7.08. The lowest BCUT2D eigenvalue weighted by Crippen LogP contribution is -2.20. The number of carbonyl (C=O) groups excluding carboxylic acids is 1. The first kappa shape index (κ1) is 17.2. The molecule has 4 aromatic rings. The molecule has 1 N–H and O–H groups in total. The largest absolute Gasteiger partial charge is 0.326 e. The first-order chi connectivity index (χ1) is 13.1. The van der Waals surface area contributed by atoms with Gasteiger partial charge in [-0.3, -0.25) is 9.59 Å². The zero-order chi connectivity index (χ0) is 18.8. The van der Waals surface area contributed by atoms with E-state index in [4.69, 9.17) is 0 Å². The molecule has 0 atom stereocenters. The molecule has 0 saturated carbocycles. The van der Waals surface area contributed by atoms with Gasteiger partial charge in [-0.05, 0) is 31.2 Å². The van der Waals surface area contributed by atoms with Crippen LogP contribution in [0.1, 0.15) is 12.1 Å². The highest BCUT2D eigenvalue weighted by Crippen LogP contribution is 2.21. The van der Waals surface area contributed by atoms with Crippen molar-refractivity contribution in [2.45, 2.75) is 19.9 Å². The van der Waals surface area contributed by atoms with Gasteiger partial charge >= 0.3 is 4.87 Å². The molecule has 7 heteroatoms. The number of thiazole rings is 1. The van der Waals surface area contributed by atoms with Crippen LogP contribution in [0.5, 0.6) is 0 Å². The molecule has 0 spiro atoms. The topological polar surface area (TPSA) is 68.4 Å². The monoisotopic (exact) mass is 378 g/mol. The van der Waals surface area contributed by atoms with Crippen LogP contribution in [0.4, 0.5) is 5.69 Å². The van der Waals surface area contributed by atoms with E-state index in [2.05, 4.69) is 10.3 Å². The molecule has 0 fully saturated rings. The van der Waals surface area contributed by atoms with Gasteiger partial charge in [0.25, 0.3) is 0 Å². The molecule has 0 aliphatic rings. The first-order valence-corrected chi connectivity index (χ1v) is 9.47. The van der Waals surface area contributed by atoms with Crippen molar-refractivity contribution in [3.8, 4) is 11.3 Å². The number of hydrogen-bond acceptors (Lipinski definition) is 4. The van der Waals surface area contributed by atoms with Gasteiger partial charge in [-0.2, -0.15) is 0 Å². The summed E-state index contributed by atoms with van der Waals surface area (Å²) in [7, 11) is 0. The van der Waals surface area contributed by atoms with Crippen molar-refractivity contribution in [3.63, 3.8) is 0 Å². The van der Waals surface area contributed by atoms with E-state index in [1.54, 1.807) is 9.95 Å². The van der Waals surface area contributed by atoms with Crippen molar-refractivity contribution in [2.75, 3.05) is 5.32 Å². The minimum Gasteiger partial charge on any atom is -0.326 e. The standard InChI is InChI=1S/C20H18N4O2S/c1-14-13-27-20(26)24(14)11-9-19(25)21-16-7-5-15(6-8-16)17-12-23-10-3-2-4-18(23)22-17/h2-8,10,12-13H,9,11H2,1H3,(H,21,25). The van der Waals surface area contributed by atoms with Gasteiger partial charge in [0.15, 0.2) is 0 Å². The van der Waals surface area contributed by atoms with Crippen molar-refractivity contribution in [3.05, 3.63) is 75.6 Å². The van der Waals surface area contributed by atoms with Crippen molar-refractivity contribution in [1.29, 1.82) is 0 Å². The Kier molecular flexibility index (Phi) is 4.60. The summed E-state index contributed by atoms with van der Waals surface area (Å²) in [6.45, 7) is 2.26. The van der Waals surface area contributed by atoms with Crippen LogP contribution in [0.15, 0.2) is 65.0 Å². The summed E-state index contributed by atoms with van der Waals surface area (Å²) in [5.41, 5.74) is 4.36. The highest BCUT2D eigenvalue weighted by molar-refractivity contribution is 7.07. The summed E-state index contributed by atoms with van der Waals surface area (Å²) in [4.78, 5) is 28.4. The van der Waals surface area contributed by atoms with E-state index < -0.39 is 0 Å². The number of benzene rings is 1. The van der Waals surface area contributed by atoms with Crippen LogP contribution >= 0.6 is 11.3 Å². The lowest BCUT2D eigenvalue weighted by atomic mass is 10.1. The van der Waals surface area contributed by atoms with Gasteiger partial charge in [0.05, 0.1) is 5.69 Å². The van der Waals surface area contributed by atoms with E-state index in [1.165, 1.54) is 0 Å². The fourth-order valence-corrected chi connectivity index (χ4v) is 3.67. The lowest BCUT2D eigenvalue weighted by Gasteiger charge is -2.07. The summed E-state index contributed by atoms with van der Waals surface area (Å²) < 4.78 is 3.59. The van der Waals surface area contributed by atoms with Gasteiger partial charge < -0.3 is 14.3 Å². The predicted molar refractivity (Wildman–Crippen MR) is 107 cm³/mol. The molecule has 0 saturated heterocycles. The Morgan fingerprint density at radius 3 is 2.70 bits per heavy atom. The number of amides is 1. The minimum absolute atomic E-state index is 0.0305. The van der Waals surface area contributed by atoms with E-state index in [0.717, 1.165) is 39.6 Å². The quantitative estimate of drug-likeness (QED) is 0.577. The SMILES string of the molecule is Cc1csc(=O)n1CCC(=O)Nc1ccc(-c2cn3ccccc3n2)cc1. The maximum absolute atomic E-state index is 12.2. The van der Waals surface area contributed by atoms with Crippen molar-refractivity contribution in [1.82, 2.24) is 14.0 Å². The Labute approximate surface area is 159 Å². The molecular weight excluding hydrogens is 360 g/mol. The molecule has 6 nitrogen and oxygen atoms in total. The van der Waals surface area contributed by atoms with Gasteiger partial charge in [-0.15, -0.1) is 0 Å². The number of anilines is 1. The van der Waals surface area contributed by atoms with Gasteiger partial charge in [-0.25, -0.2) is 4.98 Å². The third-order valence-corrected chi connectivity index (χ3v) is 5.25. The molecule has 0 aliphatic heterocycles. The second kappa shape index (κ2) is 7.20. The summed E-state index contributed by atoms with van der Waals surface area (Å²) in [5, 5.41) is 4.68. The Morgan fingerprint density at radius 2 is 2.00 bits per heavy atom. The zero-order valence-electron chi connectivity index (χ0n) is 14.8. The van der Waals surface area contributed by atoms with Crippen LogP contribution in [0.25, 0.3) is 16.9 Å². The second-order valence-electron chi connectivity index (χ2n) is 6.26. The summed E-state index contributed by atoms with van der Waals surface area (Å²) in [6, 6.07) is 13.5. The van der Waals surface area contributed by atoms with E-state index >= 15 is 0 Å². The van der Waals surface area contributed by atoms with Crippen LogP contribution in [0, 0.1) is 6.92 Å². The number of hydrogen-bond donors (Lipinski definition) is 1. The summed E-state index contributed by atoms with van der Waals surface area (Å²) in [5.74, 6) is -0.118. The maximum atomic E-state index is 12.2. The Hall–Kier alpha value is -3.19. The predicted octanol–water partition coefficient (Wildman–Crippen LogP) is 3.56. The Morgan fingerprint density at radius 1 is 1.19 bits per heavy atom. The number of pyridine rings is 1. The number of rotatable bonds is 5. The van der Waals surface area contributed by atoms with Gasteiger partial charge in [-0.1, -0.05) is 29.5 Å². The van der Waals surface area contributed by atoms with Crippen LogP contribution in [-0.4, -0.2) is 19.9 Å². The molecule has 1 aromatic carbocycles. The number of aryl methyl sites for hydroxylation is 1. The lowest BCUT2D eigenvalue weighted by molar-refractivity contribution is -0.116. The molecule has 0 radical (unpaired) electrons. The van der Waals surface area contributed by atoms with Gasteiger partial charge in [0.1, 0.15) is 5.65 Å². The molecule has 3 aromatic heterocycles. The van der Waals surface area contributed by atoms with Crippen LogP contribution in [-0.2, 0) is 11.3 Å². The number of imidazole rings is 1. The van der Waals surface area contributed by atoms with Crippen LogP contribution in [0.3, 0.4) is 0 Å². The fourth-order valence-electron chi connectivity index (χ4n) is 2.91. The van der Waals surface area contributed by atoms with E-state index in [0.29, 0.717) is 6.54 Å². The van der Waals surface area contributed by atoms with Crippen molar-refractivity contribution in [2.24, 2.45) is 0 Å². The van der Waals surface area contributed by atoms with Gasteiger partial charge in [0, 0.05) is 47.7 Å². The molecule has 0 aliphatic carbocycles. The van der Waals surface area contributed by atoms with Crippen LogP contribution in [0.2, 0.25) is 0 Å². The third kappa shape index (κ3) is 3.68. The number of nitrogens with zero attached hydrogens (tertiary/aromatic N) is 3. The van der Waals surface area contributed by atoms with Crippen molar-refractivity contribution < 1.29 is 4.79 Å². The molecule has 27 heavy (non-hydrogen) atoms. The molecule has 0 bridgehead atoms. The average Bonchev–Trinajstić information content (AvgIpc) is 3.24. The minimum atomic E-state index is -0.118. The first-order valence-electron chi connectivity index (χ1n) is 8.59.